The average molecular weight is 172 g/mol. The maximum Gasteiger partial charge on any atom is 0.234 e. The van der Waals surface area contributed by atoms with Gasteiger partial charge in [-0.3, -0.25) is 4.79 Å². The molecule has 0 unspecified atom stereocenters. The Kier molecular flexibility index (Phi) is 4.04. The molecule has 1 saturated heterocycles. The molecule has 4 nitrogen and oxygen atoms in total. The van der Waals surface area contributed by atoms with Crippen molar-refractivity contribution >= 4 is 5.91 Å². The highest BCUT2D eigenvalue weighted by molar-refractivity contribution is 5.78. The van der Waals surface area contributed by atoms with Crippen molar-refractivity contribution in [3.63, 3.8) is 0 Å². The van der Waals surface area contributed by atoms with E-state index in [0.29, 0.717) is 12.6 Å². The molecule has 0 aromatic rings. The van der Waals surface area contributed by atoms with Gasteiger partial charge in [-0.05, 0) is 19.9 Å². The van der Waals surface area contributed by atoms with E-state index in [4.69, 9.17) is 4.74 Å². The lowest BCUT2D eigenvalue weighted by Crippen LogP contribution is -2.42. The predicted molar refractivity (Wildman–Crippen MR) is 45.9 cm³/mol. The van der Waals surface area contributed by atoms with Crippen molar-refractivity contribution in [2.24, 2.45) is 0 Å². The molecule has 0 spiro atoms. The summed E-state index contributed by atoms with van der Waals surface area (Å²) in [5.74, 6) is 0.0735. The second kappa shape index (κ2) is 5.11. The first-order valence-corrected chi connectivity index (χ1v) is 4.34. The van der Waals surface area contributed by atoms with Crippen LogP contribution in [0.4, 0.5) is 0 Å². The van der Waals surface area contributed by atoms with Crippen LogP contribution in [0.15, 0.2) is 0 Å². The van der Waals surface area contributed by atoms with Gasteiger partial charge in [0.25, 0.3) is 0 Å². The van der Waals surface area contributed by atoms with Crippen molar-refractivity contribution in [2.45, 2.75) is 18.9 Å². The summed E-state index contributed by atoms with van der Waals surface area (Å²) in [6.45, 7) is 1.94. The first-order valence-electron chi connectivity index (χ1n) is 4.34. The number of nitrogens with one attached hydrogen (secondary N) is 2. The topological polar surface area (TPSA) is 50.4 Å². The molecule has 70 valence electrons. The molecule has 0 aliphatic carbocycles. The zero-order chi connectivity index (χ0) is 8.81. The molecule has 1 rings (SSSR count). The summed E-state index contributed by atoms with van der Waals surface area (Å²) in [7, 11) is 1.77. The third-order valence-electron chi connectivity index (χ3n) is 1.92. The Morgan fingerprint density at radius 2 is 2.17 bits per heavy atom. The highest BCUT2D eigenvalue weighted by atomic mass is 16.5. The molecule has 1 fully saturated rings. The number of hydrogen-bond acceptors (Lipinski definition) is 3. The zero-order valence-electron chi connectivity index (χ0n) is 7.43. The number of amides is 1. The van der Waals surface area contributed by atoms with Crippen LogP contribution in [0.5, 0.6) is 0 Å². The van der Waals surface area contributed by atoms with E-state index < -0.39 is 0 Å². The lowest BCUT2D eigenvalue weighted by molar-refractivity contribution is -0.121. The van der Waals surface area contributed by atoms with Gasteiger partial charge < -0.3 is 15.4 Å². The average Bonchev–Trinajstić information content (AvgIpc) is 2.06. The van der Waals surface area contributed by atoms with E-state index in [0.717, 1.165) is 26.1 Å². The minimum Gasteiger partial charge on any atom is -0.381 e. The highest BCUT2D eigenvalue weighted by Crippen LogP contribution is 2.05. The Morgan fingerprint density at radius 1 is 1.50 bits per heavy atom. The third-order valence-corrected chi connectivity index (χ3v) is 1.92. The zero-order valence-corrected chi connectivity index (χ0v) is 7.43. The molecule has 1 heterocycles. The smallest absolute Gasteiger partial charge is 0.234 e. The number of carbonyl (C=O) groups is 1. The van der Waals surface area contributed by atoms with Gasteiger partial charge in [-0.1, -0.05) is 0 Å². The summed E-state index contributed by atoms with van der Waals surface area (Å²) in [6.07, 6.45) is 1.88. The number of rotatable bonds is 3. The van der Waals surface area contributed by atoms with Crippen LogP contribution in [-0.2, 0) is 9.53 Å². The number of hydrogen-bond donors (Lipinski definition) is 2. The summed E-state index contributed by atoms with van der Waals surface area (Å²) in [4.78, 5) is 11.1. The van der Waals surface area contributed by atoms with Gasteiger partial charge in [-0.2, -0.15) is 0 Å². The molecule has 2 N–H and O–H groups in total. The van der Waals surface area contributed by atoms with Crippen LogP contribution in [0.2, 0.25) is 0 Å². The quantitative estimate of drug-likeness (QED) is 0.603. The van der Waals surface area contributed by atoms with Crippen molar-refractivity contribution < 1.29 is 9.53 Å². The maximum absolute atomic E-state index is 11.1. The van der Waals surface area contributed by atoms with Crippen LogP contribution in [0.25, 0.3) is 0 Å². The van der Waals surface area contributed by atoms with E-state index in [-0.39, 0.29) is 5.91 Å². The second-order valence-corrected chi connectivity index (χ2v) is 2.98. The number of likely N-dealkylation sites (N-methyl/N-ethyl adjacent to an activating group) is 1. The first-order chi connectivity index (χ1) is 5.83. The summed E-state index contributed by atoms with van der Waals surface area (Å²) in [5.41, 5.74) is 0. The van der Waals surface area contributed by atoms with E-state index in [2.05, 4.69) is 10.6 Å². The summed E-state index contributed by atoms with van der Waals surface area (Å²) < 4.78 is 5.17. The number of ether oxygens (including phenoxy) is 1. The van der Waals surface area contributed by atoms with Gasteiger partial charge in [0.15, 0.2) is 0 Å². The van der Waals surface area contributed by atoms with Crippen molar-refractivity contribution in [2.75, 3.05) is 26.8 Å². The van der Waals surface area contributed by atoms with E-state index in [1.807, 2.05) is 0 Å². The number of carbonyl (C=O) groups excluding carboxylic acids is 1. The van der Waals surface area contributed by atoms with Crippen molar-refractivity contribution in [3.05, 3.63) is 0 Å². The molecule has 1 amide bonds. The Bertz CT molecular complexity index is 144. The summed E-state index contributed by atoms with van der Waals surface area (Å²) >= 11 is 0. The summed E-state index contributed by atoms with van der Waals surface area (Å²) in [5, 5.41) is 5.75. The lowest BCUT2D eigenvalue weighted by Gasteiger charge is -2.22. The normalized spacial score (nSPS) is 19.1. The first kappa shape index (κ1) is 9.48. The predicted octanol–water partition coefficient (Wildman–Crippen LogP) is -0.499. The fraction of sp³-hybridized carbons (Fsp3) is 0.875. The minimum atomic E-state index is 0.0735. The van der Waals surface area contributed by atoms with Crippen LogP contribution in [0.3, 0.4) is 0 Å². The van der Waals surface area contributed by atoms with Gasteiger partial charge in [-0.25, -0.2) is 0 Å². The SMILES string of the molecule is CNCC(=O)NC1CCOCC1. The largest absolute Gasteiger partial charge is 0.381 e. The Balaban J connectivity index is 2.15. The maximum atomic E-state index is 11.1. The molecule has 1 aliphatic heterocycles. The molecule has 4 heteroatoms. The summed E-state index contributed by atoms with van der Waals surface area (Å²) in [6, 6.07) is 0.319. The Labute approximate surface area is 72.7 Å². The van der Waals surface area contributed by atoms with Crippen molar-refractivity contribution in [1.29, 1.82) is 0 Å². The fourth-order valence-corrected chi connectivity index (χ4v) is 1.28. The van der Waals surface area contributed by atoms with E-state index >= 15 is 0 Å². The van der Waals surface area contributed by atoms with Gasteiger partial charge in [0.1, 0.15) is 0 Å². The molecule has 0 bridgehead atoms. The molecule has 0 saturated carbocycles. The molecule has 0 aromatic heterocycles. The molecule has 0 radical (unpaired) electrons. The molecule has 0 atom stereocenters. The van der Waals surface area contributed by atoms with Crippen LogP contribution in [0.1, 0.15) is 12.8 Å². The highest BCUT2D eigenvalue weighted by Gasteiger charge is 2.14. The molecular weight excluding hydrogens is 156 g/mol. The van der Waals surface area contributed by atoms with Crippen molar-refractivity contribution in [3.8, 4) is 0 Å². The van der Waals surface area contributed by atoms with Crippen LogP contribution in [-0.4, -0.2) is 38.8 Å². The molecule has 1 aliphatic rings. The van der Waals surface area contributed by atoms with Gasteiger partial charge in [0.05, 0.1) is 6.54 Å². The van der Waals surface area contributed by atoms with Gasteiger partial charge in [0, 0.05) is 19.3 Å². The minimum absolute atomic E-state index is 0.0735. The monoisotopic (exact) mass is 172 g/mol. The van der Waals surface area contributed by atoms with Crippen LogP contribution >= 0.6 is 0 Å². The van der Waals surface area contributed by atoms with Crippen molar-refractivity contribution in [1.82, 2.24) is 10.6 Å². The molecule has 0 aromatic carbocycles. The standard InChI is InChI=1S/C8H16N2O2/c1-9-6-8(11)10-7-2-4-12-5-3-7/h7,9H,2-6H2,1H3,(H,10,11). The Hall–Kier alpha value is -0.610. The molecule has 12 heavy (non-hydrogen) atoms. The van der Waals surface area contributed by atoms with E-state index in [1.165, 1.54) is 0 Å². The van der Waals surface area contributed by atoms with Gasteiger partial charge in [-0.15, -0.1) is 0 Å². The van der Waals surface area contributed by atoms with Gasteiger partial charge >= 0.3 is 0 Å². The van der Waals surface area contributed by atoms with E-state index in [9.17, 15) is 4.79 Å². The lowest BCUT2D eigenvalue weighted by atomic mass is 10.1. The fourth-order valence-electron chi connectivity index (χ4n) is 1.28. The Morgan fingerprint density at radius 3 is 2.75 bits per heavy atom. The van der Waals surface area contributed by atoms with Crippen LogP contribution < -0.4 is 10.6 Å². The second-order valence-electron chi connectivity index (χ2n) is 2.98. The van der Waals surface area contributed by atoms with Gasteiger partial charge in [0.2, 0.25) is 5.91 Å². The third kappa shape index (κ3) is 3.19. The van der Waals surface area contributed by atoms with Crippen LogP contribution in [0, 0.1) is 0 Å². The molecular formula is C8H16N2O2. The van der Waals surface area contributed by atoms with E-state index in [1.54, 1.807) is 7.05 Å².